The minimum atomic E-state index is -0.145. The van der Waals surface area contributed by atoms with Crippen LogP contribution in [0.1, 0.15) is 49.9 Å². The van der Waals surface area contributed by atoms with Crippen molar-refractivity contribution in [2.24, 2.45) is 0 Å². The van der Waals surface area contributed by atoms with Crippen LogP contribution in [-0.4, -0.2) is 0 Å². The van der Waals surface area contributed by atoms with Crippen LogP contribution in [0.25, 0.3) is 73.4 Å². The molecule has 2 aliphatic carbocycles. The van der Waals surface area contributed by atoms with E-state index in [-0.39, 0.29) is 10.8 Å². The number of hydrogen-bond acceptors (Lipinski definition) is 4. The first-order valence-electron chi connectivity index (χ1n) is 16.5. The van der Waals surface area contributed by atoms with Crippen LogP contribution in [0, 0.1) is 0 Å². The molecule has 0 amide bonds. The van der Waals surface area contributed by atoms with Crippen LogP contribution in [0.3, 0.4) is 0 Å². The highest BCUT2D eigenvalue weighted by atomic mass is 32.1. The molecule has 0 saturated carbocycles. The molecule has 4 heteroatoms. The number of rotatable bonds is 4. The Morgan fingerprint density at radius 1 is 0.417 bits per heavy atom. The molecule has 0 saturated heterocycles. The smallest absolute Gasteiger partial charge is 0.0449 e. The fraction of sp³-hybridized carbons (Fsp3) is 0.136. The fourth-order valence-corrected chi connectivity index (χ4v) is 12.1. The molecule has 0 radical (unpaired) electrons. The van der Waals surface area contributed by atoms with Gasteiger partial charge in [-0.25, -0.2) is 0 Å². The van der Waals surface area contributed by atoms with Crippen molar-refractivity contribution < 1.29 is 0 Å². The second-order valence-electron chi connectivity index (χ2n) is 14.1. The van der Waals surface area contributed by atoms with Gasteiger partial charge in [0, 0.05) is 40.1 Å². The van der Waals surface area contributed by atoms with Crippen LogP contribution in [0.4, 0.5) is 0 Å². The lowest BCUT2D eigenvalue weighted by Crippen LogP contribution is -2.24. The fourth-order valence-electron chi connectivity index (χ4n) is 8.47. The van der Waals surface area contributed by atoms with Crippen molar-refractivity contribution in [2.45, 2.75) is 38.5 Å². The van der Waals surface area contributed by atoms with Crippen LogP contribution in [0.15, 0.2) is 120 Å². The predicted molar refractivity (Wildman–Crippen MR) is 212 cm³/mol. The normalized spacial score (nSPS) is 15.0. The minimum absolute atomic E-state index is 0.145. The van der Waals surface area contributed by atoms with E-state index in [1.54, 1.807) is 0 Å². The van der Waals surface area contributed by atoms with Gasteiger partial charge in [-0.05, 0) is 126 Å². The number of fused-ring (bicyclic) bond motifs is 10. The van der Waals surface area contributed by atoms with Gasteiger partial charge in [0.15, 0.2) is 0 Å². The van der Waals surface area contributed by atoms with Crippen LogP contribution in [0.5, 0.6) is 0 Å². The molecule has 0 nitrogen and oxygen atoms in total. The van der Waals surface area contributed by atoms with Crippen molar-refractivity contribution in [3.63, 3.8) is 0 Å². The molecule has 4 aromatic heterocycles. The third-order valence-electron chi connectivity index (χ3n) is 10.7. The lowest BCUT2D eigenvalue weighted by atomic mass is 9.71. The summed E-state index contributed by atoms with van der Waals surface area (Å²) in [5.41, 5.74) is 13.9. The molecule has 10 rings (SSSR count). The molecule has 232 valence electrons. The van der Waals surface area contributed by atoms with Gasteiger partial charge in [0.1, 0.15) is 0 Å². The Kier molecular flexibility index (Phi) is 6.16. The summed E-state index contributed by atoms with van der Waals surface area (Å²) in [5.74, 6) is 0. The third-order valence-corrected chi connectivity index (χ3v) is 15.1. The topological polar surface area (TPSA) is 0 Å². The molecule has 4 heterocycles. The van der Waals surface area contributed by atoms with Crippen LogP contribution < -0.4 is 0 Å². The van der Waals surface area contributed by atoms with Crippen molar-refractivity contribution in [3.8, 4) is 62.6 Å². The van der Waals surface area contributed by atoms with Crippen molar-refractivity contribution in [3.05, 3.63) is 142 Å². The van der Waals surface area contributed by atoms with Gasteiger partial charge < -0.3 is 0 Å². The maximum absolute atomic E-state index is 2.50. The van der Waals surface area contributed by atoms with E-state index in [9.17, 15) is 0 Å². The first-order valence-corrected chi connectivity index (χ1v) is 19.9. The molecular weight excluding hydrogens is 657 g/mol. The second kappa shape index (κ2) is 10.2. The molecular formula is C44H32S4. The summed E-state index contributed by atoms with van der Waals surface area (Å²) in [6, 6.07) is 41.6. The monoisotopic (exact) mass is 688 g/mol. The second-order valence-corrected chi connectivity index (χ2v) is 18.2. The molecule has 0 unspecified atom stereocenters. The molecule has 0 atom stereocenters. The van der Waals surface area contributed by atoms with Gasteiger partial charge in [-0.15, -0.1) is 45.3 Å². The summed E-state index contributed by atoms with van der Waals surface area (Å²) in [4.78, 5) is 8.04. The van der Waals surface area contributed by atoms with E-state index in [1.165, 1.54) is 95.7 Å². The highest BCUT2D eigenvalue weighted by molar-refractivity contribution is 7.23. The van der Waals surface area contributed by atoms with E-state index < -0.39 is 0 Å². The summed E-state index contributed by atoms with van der Waals surface area (Å²) < 4.78 is 0. The Morgan fingerprint density at radius 2 is 0.854 bits per heavy atom. The Labute approximate surface area is 297 Å². The highest BCUT2D eigenvalue weighted by Gasteiger charge is 2.47. The van der Waals surface area contributed by atoms with E-state index in [1.807, 2.05) is 45.3 Å². The van der Waals surface area contributed by atoms with Gasteiger partial charge >= 0.3 is 0 Å². The summed E-state index contributed by atoms with van der Waals surface area (Å²) in [6.45, 7) is 9.85. The van der Waals surface area contributed by atoms with Crippen LogP contribution in [-0.2, 0) is 10.8 Å². The van der Waals surface area contributed by atoms with Gasteiger partial charge in [-0.1, -0.05) is 88.4 Å². The Morgan fingerprint density at radius 3 is 1.27 bits per heavy atom. The molecule has 48 heavy (non-hydrogen) atoms. The number of benzene rings is 4. The van der Waals surface area contributed by atoms with Crippen molar-refractivity contribution in [1.29, 1.82) is 0 Å². The zero-order valence-electron chi connectivity index (χ0n) is 27.2. The number of hydrogen-bond donors (Lipinski definition) is 0. The first kappa shape index (κ1) is 28.9. The first-order chi connectivity index (χ1) is 23.3. The average Bonchev–Trinajstić information content (AvgIpc) is 3.94. The number of thiophene rings is 4. The van der Waals surface area contributed by atoms with Crippen molar-refractivity contribution >= 4 is 56.1 Å². The molecule has 8 aromatic rings. The van der Waals surface area contributed by atoms with E-state index >= 15 is 0 Å². The van der Waals surface area contributed by atoms with Crippen LogP contribution >= 0.6 is 45.3 Å². The summed E-state index contributed by atoms with van der Waals surface area (Å²) in [5, 5.41) is 7.07. The molecule has 0 aliphatic heterocycles. The zero-order chi connectivity index (χ0) is 32.4. The Balaban J connectivity index is 1.15. The molecule has 0 spiro atoms. The van der Waals surface area contributed by atoms with Crippen LogP contribution in [0.2, 0.25) is 0 Å². The Bertz CT molecular complexity index is 2370. The average molecular weight is 689 g/mol. The largest absolute Gasteiger partial charge is 0.143 e. The highest BCUT2D eigenvalue weighted by Crippen LogP contribution is 2.62. The molecule has 0 bridgehead atoms. The molecule has 4 aromatic carbocycles. The maximum Gasteiger partial charge on any atom is 0.0449 e. The van der Waals surface area contributed by atoms with Gasteiger partial charge in [-0.3, -0.25) is 0 Å². The van der Waals surface area contributed by atoms with Crippen molar-refractivity contribution in [1.82, 2.24) is 0 Å². The quantitative estimate of drug-likeness (QED) is 0.173. The lowest BCUT2D eigenvalue weighted by Gasteiger charge is -2.31. The van der Waals surface area contributed by atoms with Gasteiger partial charge in [0.25, 0.3) is 0 Å². The van der Waals surface area contributed by atoms with Gasteiger partial charge in [-0.2, -0.15) is 0 Å². The van der Waals surface area contributed by atoms with Gasteiger partial charge in [0.05, 0.1) is 0 Å². The van der Waals surface area contributed by atoms with E-state index in [2.05, 4.69) is 148 Å². The summed E-state index contributed by atoms with van der Waals surface area (Å²) >= 11 is 7.43. The summed E-state index contributed by atoms with van der Waals surface area (Å²) in [7, 11) is 0. The molecule has 2 aliphatic rings. The SMILES string of the molecule is CC1(C)c2cc(-c3ccc(-c4cccs4)s3)ccc2-c2c1c1c(c3ccccc23)-c2ccc(-c3ccc(-c4cccs4)s3)cc2C1(C)C. The predicted octanol–water partition coefficient (Wildman–Crippen LogP) is 14.4. The zero-order valence-corrected chi connectivity index (χ0v) is 30.4. The van der Waals surface area contributed by atoms with E-state index in [0.29, 0.717) is 0 Å². The standard InChI is InChI=1S/C44H32S4/c1-43(2)31-23-25(33-17-19-37(47-33)35-11-7-21-45-35)13-15-29(31)39-27-9-5-6-10-28(27)40-30-16-14-26(24-32(30)44(3,4)42(40)41(39)43)34-18-20-38(48-34)36-12-8-22-46-36/h5-24H,1-4H3. The molecule has 0 fully saturated rings. The van der Waals surface area contributed by atoms with E-state index in [4.69, 9.17) is 0 Å². The molecule has 0 N–H and O–H groups in total. The Hall–Kier alpha value is -4.06. The van der Waals surface area contributed by atoms with Gasteiger partial charge in [0.2, 0.25) is 0 Å². The lowest BCUT2D eigenvalue weighted by molar-refractivity contribution is 0.602. The van der Waals surface area contributed by atoms with E-state index in [0.717, 1.165) is 0 Å². The van der Waals surface area contributed by atoms with Crippen molar-refractivity contribution in [2.75, 3.05) is 0 Å². The summed E-state index contributed by atoms with van der Waals surface area (Å²) in [6.07, 6.45) is 0. The maximum atomic E-state index is 2.50. The minimum Gasteiger partial charge on any atom is -0.143 e. The third kappa shape index (κ3) is 3.98.